The minimum Gasteiger partial charge on any atom is -0.274 e. The number of nitrogens with zero attached hydrogens (tertiary/aromatic N) is 3. The van der Waals surface area contributed by atoms with Crippen molar-refractivity contribution in [1.29, 1.82) is 0 Å². The molecule has 0 spiro atoms. The molecule has 3 N–H and O–H groups in total. The summed E-state index contributed by atoms with van der Waals surface area (Å²) in [6.45, 7) is 0. The van der Waals surface area contributed by atoms with Crippen LogP contribution in [0.25, 0.3) is 0 Å². The smallest absolute Gasteiger partial charge is 0.274 e. The first kappa shape index (κ1) is 5.70. The van der Waals surface area contributed by atoms with Crippen molar-refractivity contribution in [3.8, 4) is 0 Å². The quantitative estimate of drug-likeness (QED) is 0.258. The van der Waals surface area contributed by atoms with Gasteiger partial charge in [0.1, 0.15) is 0 Å². The molecule has 9 heavy (non-hydrogen) atoms. The Balaban J connectivity index is 2.77. The SMILES string of the molecule is NNC(=O)n1ccnn1. The fourth-order valence-electron chi connectivity index (χ4n) is 0.383. The second-order valence-electron chi connectivity index (χ2n) is 1.30. The fraction of sp³-hybridized carbons (Fsp3) is 0. The van der Waals surface area contributed by atoms with E-state index in [1.807, 2.05) is 5.43 Å². The van der Waals surface area contributed by atoms with Crippen LogP contribution in [0.2, 0.25) is 0 Å². The number of hydrazine groups is 1. The van der Waals surface area contributed by atoms with Gasteiger partial charge in [-0.05, 0) is 0 Å². The van der Waals surface area contributed by atoms with Crippen LogP contribution >= 0.6 is 0 Å². The molecule has 0 unspecified atom stereocenters. The predicted octanol–water partition coefficient (Wildman–Crippen LogP) is -1.29. The Morgan fingerprint density at radius 2 is 2.56 bits per heavy atom. The summed E-state index contributed by atoms with van der Waals surface area (Å²) in [7, 11) is 0. The Hall–Kier alpha value is -1.43. The first-order chi connectivity index (χ1) is 4.34. The molecule has 0 bridgehead atoms. The van der Waals surface area contributed by atoms with Crippen LogP contribution in [0.3, 0.4) is 0 Å². The average molecular weight is 127 g/mol. The molecule has 0 saturated carbocycles. The highest BCUT2D eigenvalue weighted by molar-refractivity contribution is 5.74. The van der Waals surface area contributed by atoms with Gasteiger partial charge in [0.2, 0.25) is 0 Å². The number of carbonyl (C=O) groups is 1. The first-order valence-corrected chi connectivity index (χ1v) is 2.22. The van der Waals surface area contributed by atoms with Crippen LogP contribution in [-0.4, -0.2) is 21.0 Å². The maximum absolute atomic E-state index is 10.5. The number of nitrogens with two attached hydrogens (primary N) is 1. The molecule has 6 nitrogen and oxygen atoms in total. The Labute approximate surface area is 50.6 Å². The lowest BCUT2D eigenvalue weighted by molar-refractivity contribution is 0.239. The monoisotopic (exact) mass is 127 g/mol. The van der Waals surface area contributed by atoms with Gasteiger partial charge in [0.05, 0.1) is 12.4 Å². The second-order valence-corrected chi connectivity index (χ2v) is 1.30. The maximum Gasteiger partial charge on any atom is 0.357 e. The Bertz CT molecular complexity index is 192. The summed E-state index contributed by atoms with van der Waals surface area (Å²) in [4.78, 5) is 10.5. The molecule has 0 aromatic carbocycles. The molecule has 0 aliphatic rings. The van der Waals surface area contributed by atoms with Gasteiger partial charge < -0.3 is 0 Å². The van der Waals surface area contributed by atoms with E-state index in [1.54, 1.807) is 0 Å². The highest BCUT2D eigenvalue weighted by Gasteiger charge is 1.98. The third kappa shape index (κ3) is 1.03. The van der Waals surface area contributed by atoms with E-state index in [0.717, 1.165) is 4.68 Å². The van der Waals surface area contributed by atoms with Crippen LogP contribution < -0.4 is 11.3 Å². The summed E-state index contributed by atoms with van der Waals surface area (Å²) in [5.41, 5.74) is 1.89. The molecule has 0 aliphatic heterocycles. The number of nitrogens with one attached hydrogen (secondary N) is 1. The third-order valence-electron chi connectivity index (χ3n) is 0.754. The molecule has 1 aromatic heterocycles. The van der Waals surface area contributed by atoms with Gasteiger partial charge in [-0.3, -0.25) is 5.43 Å². The third-order valence-corrected chi connectivity index (χ3v) is 0.754. The predicted molar refractivity (Wildman–Crippen MR) is 28.1 cm³/mol. The molecule has 0 fully saturated rings. The van der Waals surface area contributed by atoms with Gasteiger partial charge in [-0.2, -0.15) is 4.68 Å². The molecule has 0 atom stereocenters. The van der Waals surface area contributed by atoms with Crippen molar-refractivity contribution in [2.75, 3.05) is 0 Å². The lowest BCUT2D eigenvalue weighted by Gasteiger charge is -1.93. The standard InChI is InChI=1S/C3H5N5O/c4-6-3(9)8-2-1-5-7-8/h1-2H,4H2,(H,6,9). The van der Waals surface area contributed by atoms with E-state index in [9.17, 15) is 4.79 Å². The van der Waals surface area contributed by atoms with Crippen LogP contribution in [-0.2, 0) is 0 Å². The topological polar surface area (TPSA) is 85.8 Å². The molecule has 1 aromatic rings. The highest BCUT2D eigenvalue weighted by Crippen LogP contribution is 1.75. The van der Waals surface area contributed by atoms with Crippen molar-refractivity contribution in [1.82, 2.24) is 20.4 Å². The summed E-state index contributed by atoms with van der Waals surface area (Å²) in [5.74, 6) is 4.78. The molecule has 1 heterocycles. The molecule has 1 rings (SSSR count). The summed E-state index contributed by atoms with van der Waals surface area (Å²) < 4.78 is 0.986. The van der Waals surface area contributed by atoms with E-state index in [-0.39, 0.29) is 0 Å². The van der Waals surface area contributed by atoms with Crippen molar-refractivity contribution in [3.05, 3.63) is 12.4 Å². The number of aromatic nitrogens is 3. The molecular weight excluding hydrogens is 122 g/mol. The largest absolute Gasteiger partial charge is 0.357 e. The number of nitrogen functional groups attached to an aromatic ring is 1. The van der Waals surface area contributed by atoms with Crippen molar-refractivity contribution < 1.29 is 4.79 Å². The van der Waals surface area contributed by atoms with Crippen molar-refractivity contribution in [2.24, 2.45) is 5.84 Å². The van der Waals surface area contributed by atoms with Crippen LogP contribution in [0.4, 0.5) is 4.79 Å². The van der Waals surface area contributed by atoms with E-state index in [1.165, 1.54) is 12.4 Å². The lowest BCUT2D eigenvalue weighted by Crippen LogP contribution is -2.34. The zero-order valence-electron chi connectivity index (χ0n) is 4.48. The molecular formula is C3H5N5O. The van der Waals surface area contributed by atoms with E-state index in [2.05, 4.69) is 10.3 Å². The van der Waals surface area contributed by atoms with Gasteiger partial charge >= 0.3 is 6.03 Å². The number of amides is 1. The summed E-state index contributed by atoms with van der Waals surface area (Å²) in [6.07, 6.45) is 2.78. The van der Waals surface area contributed by atoms with Gasteiger partial charge in [-0.1, -0.05) is 5.21 Å². The van der Waals surface area contributed by atoms with Crippen molar-refractivity contribution in [3.63, 3.8) is 0 Å². The highest BCUT2D eigenvalue weighted by atomic mass is 16.2. The maximum atomic E-state index is 10.5. The van der Waals surface area contributed by atoms with Gasteiger partial charge in [0.15, 0.2) is 0 Å². The van der Waals surface area contributed by atoms with Gasteiger partial charge in [0.25, 0.3) is 0 Å². The van der Waals surface area contributed by atoms with E-state index in [0.29, 0.717) is 0 Å². The van der Waals surface area contributed by atoms with E-state index in [4.69, 9.17) is 5.84 Å². The minimum atomic E-state index is -0.507. The lowest BCUT2D eigenvalue weighted by atomic mass is 10.9. The number of rotatable bonds is 0. The van der Waals surface area contributed by atoms with E-state index >= 15 is 0 Å². The Morgan fingerprint density at radius 1 is 1.78 bits per heavy atom. The average Bonchev–Trinajstić information content (AvgIpc) is 2.37. The normalized spacial score (nSPS) is 9.00. The summed E-state index contributed by atoms with van der Waals surface area (Å²) in [6, 6.07) is -0.507. The molecule has 0 radical (unpaired) electrons. The molecule has 48 valence electrons. The number of carbonyl (C=O) groups excluding carboxylic acids is 1. The fourth-order valence-corrected chi connectivity index (χ4v) is 0.383. The first-order valence-electron chi connectivity index (χ1n) is 2.22. The zero-order valence-corrected chi connectivity index (χ0v) is 4.48. The van der Waals surface area contributed by atoms with Gasteiger partial charge in [-0.25, -0.2) is 10.6 Å². The van der Waals surface area contributed by atoms with Crippen molar-refractivity contribution in [2.45, 2.75) is 0 Å². The Kier molecular flexibility index (Phi) is 1.41. The molecule has 0 aliphatic carbocycles. The minimum absolute atomic E-state index is 0.507. The van der Waals surface area contributed by atoms with Crippen LogP contribution in [0.15, 0.2) is 12.4 Å². The number of hydrogen-bond donors (Lipinski definition) is 2. The van der Waals surface area contributed by atoms with Crippen molar-refractivity contribution >= 4 is 6.03 Å². The second kappa shape index (κ2) is 2.23. The summed E-state index contributed by atoms with van der Waals surface area (Å²) >= 11 is 0. The Morgan fingerprint density at radius 3 is 3.00 bits per heavy atom. The van der Waals surface area contributed by atoms with Crippen LogP contribution in [0, 0.1) is 0 Å². The van der Waals surface area contributed by atoms with Gasteiger partial charge in [-0.15, -0.1) is 5.10 Å². The molecule has 1 amide bonds. The molecule has 6 heteroatoms. The summed E-state index contributed by atoms with van der Waals surface area (Å²) in [5, 5.41) is 6.75. The number of hydrogen-bond acceptors (Lipinski definition) is 4. The van der Waals surface area contributed by atoms with E-state index < -0.39 is 6.03 Å². The van der Waals surface area contributed by atoms with Gasteiger partial charge in [0, 0.05) is 0 Å². The van der Waals surface area contributed by atoms with Crippen LogP contribution in [0.5, 0.6) is 0 Å². The van der Waals surface area contributed by atoms with Crippen LogP contribution in [0.1, 0.15) is 0 Å². The molecule has 0 saturated heterocycles. The zero-order chi connectivity index (χ0) is 6.69.